The summed E-state index contributed by atoms with van der Waals surface area (Å²) in [6, 6.07) is 0. The SMILES string of the molecule is C/C=C/CCCCCCCCC(=O)C1CCCNCC1. The number of allylic oxidation sites excluding steroid dienone is 2. The second kappa shape index (κ2) is 12.1. The molecule has 0 aliphatic carbocycles. The molecule has 1 saturated heterocycles. The Balaban J connectivity index is 1.93. The Morgan fingerprint density at radius 1 is 1.05 bits per heavy atom. The molecule has 0 aromatic rings. The fourth-order valence-corrected chi connectivity index (χ4v) is 2.98. The van der Waals surface area contributed by atoms with Crippen LogP contribution in [0, 0.1) is 5.92 Å². The maximum atomic E-state index is 12.1. The number of nitrogens with one attached hydrogen (secondary N) is 1. The first-order chi connectivity index (χ1) is 9.84. The van der Waals surface area contributed by atoms with Gasteiger partial charge in [-0.3, -0.25) is 4.79 Å². The van der Waals surface area contributed by atoms with Crippen molar-refractivity contribution in [3.05, 3.63) is 12.2 Å². The molecule has 116 valence electrons. The first-order valence-electron chi connectivity index (χ1n) is 8.69. The first-order valence-corrected chi connectivity index (χ1v) is 8.69. The molecule has 0 radical (unpaired) electrons. The molecule has 0 amide bonds. The zero-order valence-electron chi connectivity index (χ0n) is 13.3. The van der Waals surface area contributed by atoms with Crippen LogP contribution in [0.1, 0.15) is 77.6 Å². The van der Waals surface area contributed by atoms with Crippen molar-refractivity contribution in [2.45, 2.75) is 77.6 Å². The normalized spacial score (nSPS) is 20.1. The van der Waals surface area contributed by atoms with Gasteiger partial charge in [0.2, 0.25) is 0 Å². The van der Waals surface area contributed by atoms with Gasteiger partial charge in [-0.15, -0.1) is 0 Å². The Morgan fingerprint density at radius 2 is 1.80 bits per heavy atom. The lowest BCUT2D eigenvalue weighted by Crippen LogP contribution is -2.17. The fraction of sp³-hybridized carbons (Fsp3) is 0.833. The van der Waals surface area contributed by atoms with Crippen molar-refractivity contribution in [1.82, 2.24) is 5.32 Å². The summed E-state index contributed by atoms with van der Waals surface area (Å²) in [4.78, 5) is 12.1. The highest BCUT2D eigenvalue weighted by atomic mass is 16.1. The molecule has 1 fully saturated rings. The van der Waals surface area contributed by atoms with Gasteiger partial charge in [0, 0.05) is 12.3 Å². The Bertz CT molecular complexity index is 265. The third kappa shape index (κ3) is 8.52. The second-order valence-electron chi connectivity index (χ2n) is 6.07. The van der Waals surface area contributed by atoms with E-state index < -0.39 is 0 Å². The molecule has 0 spiro atoms. The van der Waals surface area contributed by atoms with Crippen LogP contribution in [0.2, 0.25) is 0 Å². The summed E-state index contributed by atoms with van der Waals surface area (Å²) in [7, 11) is 0. The van der Waals surface area contributed by atoms with Crippen molar-refractivity contribution in [2.24, 2.45) is 5.92 Å². The molecule has 1 aliphatic rings. The number of carbonyl (C=O) groups excluding carboxylic acids is 1. The minimum absolute atomic E-state index is 0.353. The molecular weight excluding hydrogens is 246 g/mol. The van der Waals surface area contributed by atoms with Crippen LogP contribution in [0.3, 0.4) is 0 Å². The van der Waals surface area contributed by atoms with Crippen LogP contribution in [0.25, 0.3) is 0 Å². The maximum Gasteiger partial charge on any atom is 0.136 e. The van der Waals surface area contributed by atoms with Crippen molar-refractivity contribution < 1.29 is 4.79 Å². The van der Waals surface area contributed by atoms with Crippen molar-refractivity contribution >= 4 is 5.78 Å². The van der Waals surface area contributed by atoms with Gasteiger partial charge in [0.25, 0.3) is 0 Å². The van der Waals surface area contributed by atoms with Crippen molar-refractivity contribution in [2.75, 3.05) is 13.1 Å². The lowest BCUT2D eigenvalue weighted by Gasteiger charge is -2.11. The standard InChI is InChI=1S/C18H33NO/c1-2-3-4-5-6-7-8-9-10-13-18(20)17-12-11-15-19-16-14-17/h2-3,17,19H,4-16H2,1H3/b3-2+. The lowest BCUT2D eigenvalue weighted by molar-refractivity contribution is -0.123. The van der Waals surface area contributed by atoms with Gasteiger partial charge >= 0.3 is 0 Å². The predicted molar refractivity (Wildman–Crippen MR) is 87.0 cm³/mol. The van der Waals surface area contributed by atoms with E-state index in [1.54, 1.807) is 0 Å². The van der Waals surface area contributed by atoms with Crippen molar-refractivity contribution in [3.63, 3.8) is 0 Å². The van der Waals surface area contributed by atoms with Crippen LogP contribution in [0.4, 0.5) is 0 Å². The largest absolute Gasteiger partial charge is 0.317 e. The summed E-state index contributed by atoms with van der Waals surface area (Å²) in [5.41, 5.74) is 0. The average Bonchev–Trinajstić information content (AvgIpc) is 2.74. The average molecular weight is 279 g/mol. The van der Waals surface area contributed by atoms with Crippen LogP contribution in [0.5, 0.6) is 0 Å². The van der Waals surface area contributed by atoms with Gasteiger partial charge in [-0.2, -0.15) is 0 Å². The Kier molecular flexibility index (Phi) is 10.6. The molecule has 1 atom stereocenters. The number of hydrogen-bond acceptors (Lipinski definition) is 2. The van der Waals surface area contributed by atoms with Crippen LogP contribution >= 0.6 is 0 Å². The third-order valence-corrected chi connectivity index (χ3v) is 4.31. The van der Waals surface area contributed by atoms with Gasteiger partial charge in [0.15, 0.2) is 0 Å². The molecule has 0 aromatic carbocycles. The Hall–Kier alpha value is -0.630. The van der Waals surface area contributed by atoms with Crippen LogP contribution < -0.4 is 5.32 Å². The molecule has 1 N–H and O–H groups in total. The molecule has 0 aromatic heterocycles. The van der Waals surface area contributed by atoms with E-state index in [-0.39, 0.29) is 0 Å². The Morgan fingerprint density at radius 3 is 2.60 bits per heavy atom. The molecule has 20 heavy (non-hydrogen) atoms. The van der Waals surface area contributed by atoms with E-state index in [1.807, 2.05) is 0 Å². The van der Waals surface area contributed by atoms with Gasteiger partial charge in [0.05, 0.1) is 0 Å². The van der Waals surface area contributed by atoms with Crippen LogP contribution in [-0.4, -0.2) is 18.9 Å². The van der Waals surface area contributed by atoms with E-state index in [0.717, 1.165) is 38.8 Å². The summed E-state index contributed by atoms with van der Waals surface area (Å²) >= 11 is 0. The molecule has 0 bridgehead atoms. The highest BCUT2D eigenvalue weighted by molar-refractivity contribution is 5.80. The topological polar surface area (TPSA) is 29.1 Å². The smallest absolute Gasteiger partial charge is 0.136 e. The minimum Gasteiger partial charge on any atom is -0.317 e. The van der Waals surface area contributed by atoms with Gasteiger partial charge in [-0.05, 0) is 58.5 Å². The quantitative estimate of drug-likeness (QED) is 0.466. The third-order valence-electron chi connectivity index (χ3n) is 4.31. The summed E-state index contributed by atoms with van der Waals surface area (Å²) in [5, 5.41) is 3.38. The van der Waals surface area contributed by atoms with Crippen LogP contribution in [-0.2, 0) is 4.79 Å². The van der Waals surface area contributed by atoms with E-state index >= 15 is 0 Å². The molecule has 0 saturated carbocycles. The summed E-state index contributed by atoms with van der Waals surface area (Å²) in [6.45, 7) is 4.21. The van der Waals surface area contributed by atoms with Gasteiger partial charge in [0.1, 0.15) is 5.78 Å². The molecule has 1 unspecified atom stereocenters. The zero-order chi connectivity index (χ0) is 14.5. The summed E-state index contributed by atoms with van der Waals surface area (Å²) < 4.78 is 0. The monoisotopic (exact) mass is 279 g/mol. The molecular formula is C18H33NO. The fourth-order valence-electron chi connectivity index (χ4n) is 2.98. The van der Waals surface area contributed by atoms with Crippen molar-refractivity contribution in [1.29, 1.82) is 0 Å². The van der Waals surface area contributed by atoms with Gasteiger partial charge < -0.3 is 5.32 Å². The second-order valence-corrected chi connectivity index (χ2v) is 6.07. The lowest BCUT2D eigenvalue weighted by atomic mass is 9.92. The number of hydrogen-bond donors (Lipinski definition) is 1. The minimum atomic E-state index is 0.353. The number of ketones is 1. The number of carbonyl (C=O) groups is 1. The zero-order valence-corrected chi connectivity index (χ0v) is 13.3. The van der Waals surface area contributed by atoms with E-state index in [1.165, 1.54) is 44.9 Å². The van der Waals surface area contributed by atoms with Crippen LogP contribution in [0.15, 0.2) is 12.2 Å². The highest BCUT2D eigenvalue weighted by Gasteiger charge is 2.18. The van der Waals surface area contributed by atoms with E-state index in [4.69, 9.17) is 0 Å². The molecule has 1 rings (SSSR count). The molecule has 2 nitrogen and oxygen atoms in total. The number of unbranched alkanes of at least 4 members (excludes halogenated alkanes) is 6. The van der Waals surface area contributed by atoms with Crippen molar-refractivity contribution in [3.8, 4) is 0 Å². The Labute approximate surface area is 125 Å². The molecule has 1 aliphatic heterocycles. The predicted octanol–water partition coefficient (Wildman–Crippen LogP) is 4.64. The number of Topliss-reactive ketones (excluding diaryl/α,β-unsaturated/α-hetero) is 1. The van der Waals surface area contributed by atoms with E-state index in [0.29, 0.717) is 11.7 Å². The first kappa shape index (κ1) is 17.4. The highest BCUT2D eigenvalue weighted by Crippen LogP contribution is 2.18. The summed E-state index contributed by atoms with van der Waals surface area (Å²) in [6.07, 6.45) is 17.4. The molecule has 2 heteroatoms. The van der Waals surface area contributed by atoms with E-state index in [2.05, 4.69) is 24.4 Å². The maximum absolute atomic E-state index is 12.1. The summed E-state index contributed by atoms with van der Waals surface area (Å²) in [5.74, 6) is 0.882. The molecule has 1 heterocycles. The van der Waals surface area contributed by atoms with E-state index in [9.17, 15) is 4.79 Å². The number of rotatable bonds is 10. The van der Waals surface area contributed by atoms with Gasteiger partial charge in [-0.25, -0.2) is 0 Å². The van der Waals surface area contributed by atoms with Gasteiger partial charge in [-0.1, -0.05) is 37.8 Å².